The van der Waals surface area contributed by atoms with Gasteiger partial charge in [-0.05, 0) is 61.7 Å². The topological polar surface area (TPSA) is 105 Å². The first-order valence-electron chi connectivity index (χ1n) is 11.3. The van der Waals surface area contributed by atoms with E-state index in [1.54, 1.807) is 25.4 Å². The fourth-order valence-corrected chi connectivity index (χ4v) is 4.03. The van der Waals surface area contributed by atoms with E-state index >= 15 is 0 Å². The van der Waals surface area contributed by atoms with Gasteiger partial charge in [-0.1, -0.05) is 12.1 Å². The number of aryl methyl sites for hydroxylation is 3. The van der Waals surface area contributed by atoms with Crippen molar-refractivity contribution in [3.63, 3.8) is 0 Å². The summed E-state index contributed by atoms with van der Waals surface area (Å²) < 4.78 is 7.65. The third-order valence-electron chi connectivity index (χ3n) is 5.66. The van der Waals surface area contributed by atoms with Crippen LogP contribution in [-0.2, 0) is 11.8 Å². The number of aromatic nitrogens is 2. The number of hydrogen-bond donors (Lipinski definition) is 3. The molecule has 4 aromatic rings. The Morgan fingerprint density at radius 1 is 1.06 bits per heavy atom. The van der Waals surface area contributed by atoms with Crippen LogP contribution < -0.4 is 20.9 Å². The van der Waals surface area contributed by atoms with Crippen LogP contribution in [0.3, 0.4) is 0 Å². The van der Waals surface area contributed by atoms with E-state index in [0.29, 0.717) is 40.3 Å². The zero-order chi connectivity index (χ0) is 25.3. The Morgan fingerprint density at radius 2 is 1.83 bits per heavy atom. The maximum atomic E-state index is 12.8. The molecular weight excluding hydrogens is 444 g/mol. The number of aromatic amines is 1. The van der Waals surface area contributed by atoms with Gasteiger partial charge in [0.15, 0.2) is 0 Å². The Balaban J connectivity index is 1.78. The van der Waals surface area contributed by atoms with Crippen LogP contribution in [0, 0.1) is 13.8 Å². The van der Waals surface area contributed by atoms with Crippen LogP contribution in [-0.4, -0.2) is 27.9 Å². The van der Waals surface area contributed by atoms with Crippen LogP contribution in [0.25, 0.3) is 22.0 Å². The molecule has 0 radical (unpaired) electrons. The molecule has 2 amide bonds. The molecule has 8 heteroatoms. The lowest BCUT2D eigenvalue weighted by Crippen LogP contribution is -2.23. The number of carbonyl (C=O) groups is 2. The number of nitrogens with one attached hydrogen (secondary N) is 3. The minimum Gasteiger partial charge on any atom is -0.457 e. The van der Waals surface area contributed by atoms with Gasteiger partial charge in [0.2, 0.25) is 5.91 Å². The number of fused-ring (bicyclic) bond motifs is 1. The van der Waals surface area contributed by atoms with Crippen molar-refractivity contribution in [3.8, 4) is 22.6 Å². The van der Waals surface area contributed by atoms with E-state index in [1.807, 2.05) is 51.1 Å². The molecule has 2 heterocycles. The van der Waals surface area contributed by atoms with E-state index in [4.69, 9.17) is 4.74 Å². The van der Waals surface area contributed by atoms with Crippen LogP contribution in [0.5, 0.6) is 11.5 Å². The fraction of sp³-hybridized carbons (Fsp3) is 0.222. The summed E-state index contributed by atoms with van der Waals surface area (Å²) in [4.78, 5) is 39.7. The molecule has 0 aliphatic rings. The van der Waals surface area contributed by atoms with Crippen molar-refractivity contribution in [1.29, 1.82) is 0 Å². The lowest BCUT2D eigenvalue weighted by molar-refractivity contribution is -0.114. The zero-order valence-corrected chi connectivity index (χ0v) is 20.4. The van der Waals surface area contributed by atoms with E-state index in [1.165, 1.54) is 11.5 Å². The predicted octanol–water partition coefficient (Wildman–Crippen LogP) is 4.65. The lowest BCUT2D eigenvalue weighted by Gasteiger charge is -2.13. The van der Waals surface area contributed by atoms with Crippen LogP contribution in [0.2, 0.25) is 0 Å². The first-order chi connectivity index (χ1) is 16.7. The first kappa shape index (κ1) is 23.8. The molecule has 0 aliphatic heterocycles. The average molecular weight is 473 g/mol. The molecule has 2 aromatic carbocycles. The molecule has 0 unspecified atom stereocenters. The summed E-state index contributed by atoms with van der Waals surface area (Å²) in [6.07, 6.45) is 1.76. The predicted molar refractivity (Wildman–Crippen MR) is 137 cm³/mol. The second kappa shape index (κ2) is 9.50. The number of benzene rings is 2. The third kappa shape index (κ3) is 4.96. The molecule has 35 heavy (non-hydrogen) atoms. The molecule has 0 saturated heterocycles. The molecule has 0 bridgehead atoms. The summed E-state index contributed by atoms with van der Waals surface area (Å²) in [5.74, 6) is 0.778. The molecule has 8 nitrogen and oxygen atoms in total. The second-order valence-electron chi connectivity index (χ2n) is 8.58. The van der Waals surface area contributed by atoms with E-state index in [2.05, 4.69) is 15.6 Å². The van der Waals surface area contributed by atoms with Crippen LogP contribution in [0.15, 0.2) is 53.5 Å². The van der Waals surface area contributed by atoms with Crippen molar-refractivity contribution in [2.45, 2.75) is 27.7 Å². The molecule has 0 atom stereocenters. The summed E-state index contributed by atoms with van der Waals surface area (Å²) in [5, 5.41) is 6.23. The Labute approximate surface area is 202 Å². The van der Waals surface area contributed by atoms with Gasteiger partial charge in [-0.3, -0.25) is 14.4 Å². The van der Waals surface area contributed by atoms with Crippen molar-refractivity contribution >= 4 is 28.4 Å². The van der Waals surface area contributed by atoms with Crippen molar-refractivity contribution in [2.75, 3.05) is 11.9 Å². The third-order valence-corrected chi connectivity index (χ3v) is 5.66. The van der Waals surface area contributed by atoms with Gasteiger partial charge in [-0.15, -0.1) is 0 Å². The number of nitrogens with zero attached hydrogens (tertiary/aromatic N) is 1. The van der Waals surface area contributed by atoms with Crippen molar-refractivity contribution in [1.82, 2.24) is 14.9 Å². The van der Waals surface area contributed by atoms with E-state index in [9.17, 15) is 14.4 Å². The number of rotatable bonds is 6. The van der Waals surface area contributed by atoms with Crippen LogP contribution in [0.1, 0.15) is 35.5 Å². The Kier molecular flexibility index (Phi) is 6.46. The number of H-pyrrole nitrogens is 1. The number of anilines is 1. The molecular formula is C27H28N4O4. The Morgan fingerprint density at radius 3 is 2.54 bits per heavy atom. The van der Waals surface area contributed by atoms with Crippen LogP contribution >= 0.6 is 0 Å². The second-order valence-corrected chi connectivity index (χ2v) is 8.58. The first-order valence-corrected chi connectivity index (χ1v) is 11.3. The number of pyridine rings is 1. The highest BCUT2D eigenvalue weighted by atomic mass is 16.5. The molecule has 0 fully saturated rings. The molecule has 2 aromatic heterocycles. The highest BCUT2D eigenvalue weighted by Gasteiger charge is 2.17. The molecule has 0 spiro atoms. The normalized spacial score (nSPS) is 10.9. The largest absolute Gasteiger partial charge is 0.457 e. The molecule has 0 saturated carbocycles. The fourth-order valence-electron chi connectivity index (χ4n) is 4.03. The standard InChI is InChI=1S/C27H28N4O4/c1-6-28-26(33)24-13-21-22(14-31(5)27(34)25(21)30-24)18-9-15(2)10-20(11-18)35-19-8-7-16(3)23(12-19)29-17(4)32/h7-14,30H,6H2,1-5H3,(H,28,33)(H,29,32). The maximum absolute atomic E-state index is 12.8. The summed E-state index contributed by atoms with van der Waals surface area (Å²) in [6.45, 7) is 7.67. The SMILES string of the molecule is CCNC(=O)c1cc2c(-c3cc(C)cc(Oc4ccc(C)c(NC(C)=O)c4)c3)cn(C)c(=O)c2[nH]1. The maximum Gasteiger partial charge on any atom is 0.274 e. The van der Waals surface area contributed by atoms with Gasteiger partial charge in [0, 0.05) is 49.4 Å². The minimum atomic E-state index is -0.265. The number of hydrogen-bond acceptors (Lipinski definition) is 4. The van der Waals surface area contributed by atoms with Gasteiger partial charge in [0.05, 0.1) is 0 Å². The highest BCUT2D eigenvalue weighted by molar-refractivity contribution is 6.02. The molecule has 0 aliphatic carbocycles. The summed E-state index contributed by atoms with van der Waals surface area (Å²) >= 11 is 0. The van der Waals surface area contributed by atoms with Crippen molar-refractivity contribution in [3.05, 3.63) is 75.8 Å². The van der Waals surface area contributed by atoms with Gasteiger partial charge in [-0.2, -0.15) is 0 Å². The molecule has 180 valence electrons. The number of amides is 2. The number of ether oxygens (including phenoxy) is 1. The van der Waals surface area contributed by atoms with Gasteiger partial charge in [0.1, 0.15) is 22.7 Å². The monoisotopic (exact) mass is 472 g/mol. The Hall–Kier alpha value is -4.33. The van der Waals surface area contributed by atoms with E-state index < -0.39 is 0 Å². The smallest absolute Gasteiger partial charge is 0.274 e. The van der Waals surface area contributed by atoms with Gasteiger partial charge < -0.3 is 24.9 Å². The van der Waals surface area contributed by atoms with Crippen molar-refractivity contribution in [2.24, 2.45) is 7.05 Å². The van der Waals surface area contributed by atoms with Gasteiger partial charge >= 0.3 is 0 Å². The average Bonchev–Trinajstić information content (AvgIpc) is 3.24. The summed E-state index contributed by atoms with van der Waals surface area (Å²) in [7, 11) is 1.68. The molecule has 4 rings (SSSR count). The lowest BCUT2D eigenvalue weighted by atomic mass is 10.0. The quantitative estimate of drug-likeness (QED) is 0.380. The molecule has 3 N–H and O–H groups in total. The van der Waals surface area contributed by atoms with E-state index in [-0.39, 0.29) is 17.4 Å². The van der Waals surface area contributed by atoms with Gasteiger partial charge in [0.25, 0.3) is 11.5 Å². The van der Waals surface area contributed by atoms with Gasteiger partial charge in [-0.25, -0.2) is 0 Å². The zero-order valence-electron chi connectivity index (χ0n) is 20.4. The van der Waals surface area contributed by atoms with Crippen LogP contribution in [0.4, 0.5) is 5.69 Å². The number of carbonyl (C=O) groups excluding carboxylic acids is 2. The Bertz CT molecular complexity index is 1510. The van der Waals surface area contributed by atoms with E-state index in [0.717, 1.165) is 22.3 Å². The summed E-state index contributed by atoms with van der Waals surface area (Å²) in [5.41, 5.74) is 4.71. The van der Waals surface area contributed by atoms with Crippen molar-refractivity contribution < 1.29 is 14.3 Å². The highest BCUT2D eigenvalue weighted by Crippen LogP contribution is 2.34. The summed E-state index contributed by atoms with van der Waals surface area (Å²) in [6, 6.07) is 13.0. The minimum absolute atomic E-state index is 0.153.